The normalized spacial score (nSPS) is 12.4. The first-order valence-electron chi connectivity index (χ1n) is 6.12. The maximum absolute atomic E-state index is 12.0. The third kappa shape index (κ3) is 4.08. The molecule has 1 atom stereocenters. The summed E-state index contributed by atoms with van der Waals surface area (Å²) in [6, 6.07) is 1.78. The summed E-state index contributed by atoms with van der Waals surface area (Å²) in [5.41, 5.74) is 1.16. The SMILES string of the molecule is CCc1sc(C(=O)NC(CCO)COC)cc1C. The van der Waals surface area contributed by atoms with Crippen molar-refractivity contribution in [1.29, 1.82) is 0 Å². The van der Waals surface area contributed by atoms with Crippen molar-refractivity contribution in [1.82, 2.24) is 5.32 Å². The van der Waals surface area contributed by atoms with Crippen LogP contribution in [0.1, 0.15) is 33.5 Å². The van der Waals surface area contributed by atoms with E-state index >= 15 is 0 Å². The Morgan fingerprint density at radius 1 is 1.61 bits per heavy atom. The van der Waals surface area contributed by atoms with Gasteiger partial charge in [0.05, 0.1) is 17.5 Å². The van der Waals surface area contributed by atoms with Crippen molar-refractivity contribution in [3.63, 3.8) is 0 Å². The number of hydrogen-bond donors (Lipinski definition) is 2. The molecule has 1 heterocycles. The molecular weight excluding hydrogens is 250 g/mol. The summed E-state index contributed by atoms with van der Waals surface area (Å²) >= 11 is 1.53. The van der Waals surface area contributed by atoms with Crippen molar-refractivity contribution in [2.75, 3.05) is 20.3 Å². The maximum atomic E-state index is 12.0. The molecule has 0 aromatic carbocycles. The summed E-state index contributed by atoms with van der Waals surface area (Å²) in [5.74, 6) is -0.0849. The fourth-order valence-electron chi connectivity index (χ4n) is 1.79. The van der Waals surface area contributed by atoms with Crippen LogP contribution in [0.4, 0.5) is 0 Å². The fourth-order valence-corrected chi connectivity index (χ4v) is 2.81. The topological polar surface area (TPSA) is 58.6 Å². The summed E-state index contributed by atoms with van der Waals surface area (Å²) < 4.78 is 5.02. The Morgan fingerprint density at radius 3 is 2.83 bits per heavy atom. The smallest absolute Gasteiger partial charge is 0.261 e. The molecule has 5 heteroatoms. The Bertz CT molecular complexity index is 384. The van der Waals surface area contributed by atoms with E-state index in [4.69, 9.17) is 9.84 Å². The number of nitrogens with one attached hydrogen (secondary N) is 1. The molecule has 1 unspecified atom stereocenters. The van der Waals surface area contributed by atoms with Gasteiger partial charge in [0.25, 0.3) is 5.91 Å². The third-order valence-corrected chi connectivity index (χ3v) is 4.13. The number of aryl methyl sites for hydroxylation is 2. The molecule has 0 aliphatic rings. The third-order valence-electron chi connectivity index (χ3n) is 2.75. The van der Waals surface area contributed by atoms with Gasteiger partial charge < -0.3 is 15.2 Å². The lowest BCUT2D eigenvalue weighted by molar-refractivity contribution is 0.0882. The van der Waals surface area contributed by atoms with Gasteiger partial charge in [-0.3, -0.25) is 4.79 Å². The van der Waals surface area contributed by atoms with Gasteiger partial charge in [0.2, 0.25) is 0 Å². The van der Waals surface area contributed by atoms with Gasteiger partial charge in [-0.1, -0.05) is 6.92 Å². The van der Waals surface area contributed by atoms with Gasteiger partial charge in [-0.2, -0.15) is 0 Å². The van der Waals surface area contributed by atoms with Crippen LogP contribution in [0.2, 0.25) is 0 Å². The quantitative estimate of drug-likeness (QED) is 0.794. The molecule has 0 spiro atoms. The second-order valence-electron chi connectivity index (χ2n) is 4.21. The zero-order valence-corrected chi connectivity index (χ0v) is 12.0. The van der Waals surface area contributed by atoms with Gasteiger partial charge in [0.15, 0.2) is 0 Å². The molecule has 0 aliphatic carbocycles. The Balaban J connectivity index is 2.67. The lowest BCUT2D eigenvalue weighted by atomic mass is 10.2. The van der Waals surface area contributed by atoms with Gasteiger partial charge in [0.1, 0.15) is 0 Å². The molecular formula is C13H21NO3S. The number of carbonyl (C=O) groups excluding carboxylic acids is 1. The van der Waals surface area contributed by atoms with Gasteiger partial charge in [-0.15, -0.1) is 11.3 Å². The summed E-state index contributed by atoms with van der Waals surface area (Å²) in [6.45, 7) is 4.56. The van der Waals surface area contributed by atoms with Crippen molar-refractivity contribution in [3.05, 3.63) is 21.4 Å². The lowest BCUT2D eigenvalue weighted by Gasteiger charge is -2.16. The summed E-state index contributed by atoms with van der Waals surface area (Å²) in [5, 5.41) is 11.8. The van der Waals surface area contributed by atoms with Gasteiger partial charge in [0, 0.05) is 18.6 Å². The number of ether oxygens (including phenoxy) is 1. The minimum atomic E-state index is -0.139. The van der Waals surface area contributed by atoms with E-state index in [9.17, 15) is 4.79 Å². The second kappa shape index (κ2) is 7.51. The number of rotatable bonds is 7. The lowest BCUT2D eigenvalue weighted by Crippen LogP contribution is -2.38. The average molecular weight is 271 g/mol. The average Bonchev–Trinajstić information content (AvgIpc) is 2.71. The Labute approximate surface area is 112 Å². The van der Waals surface area contributed by atoms with E-state index in [1.165, 1.54) is 16.2 Å². The van der Waals surface area contributed by atoms with Crippen molar-refractivity contribution < 1.29 is 14.6 Å². The molecule has 102 valence electrons. The molecule has 2 N–H and O–H groups in total. The van der Waals surface area contributed by atoms with Crippen LogP contribution in [-0.4, -0.2) is 37.4 Å². The van der Waals surface area contributed by atoms with Gasteiger partial charge >= 0.3 is 0 Å². The Hall–Kier alpha value is -0.910. The predicted octanol–water partition coefficient (Wildman–Crippen LogP) is 1.75. The van der Waals surface area contributed by atoms with Crippen LogP contribution in [0.5, 0.6) is 0 Å². The van der Waals surface area contributed by atoms with Crippen molar-refractivity contribution in [3.8, 4) is 0 Å². The zero-order valence-electron chi connectivity index (χ0n) is 11.2. The van der Waals surface area contributed by atoms with Crippen LogP contribution in [0, 0.1) is 6.92 Å². The van der Waals surface area contributed by atoms with Crippen molar-refractivity contribution in [2.24, 2.45) is 0 Å². The van der Waals surface area contributed by atoms with Crippen LogP contribution in [0.25, 0.3) is 0 Å². The number of amides is 1. The number of hydrogen-bond acceptors (Lipinski definition) is 4. The molecule has 1 aromatic heterocycles. The van der Waals surface area contributed by atoms with Crippen LogP contribution in [0.15, 0.2) is 6.07 Å². The van der Waals surface area contributed by atoms with Crippen LogP contribution < -0.4 is 5.32 Å². The van der Waals surface area contributed by atoms with E-state index in [1.807, 2.05) is 13.0 Å². The van der Waals surface area contributed by atoms with E-state index in [0.29, 0.717) is 13.0 Å². The van der Waals surface area contributed by atoms with E-state index in [0.717, 1.165) is 16.9 Å². The Kier molecular flexibility index (Phi) is 6.32. The molecule has 1 rings (SSSR count). The standard InChI is InChI=1S/C13H21NO3S/c1-4-11-9(2)7-12(18-11)13(16)14-10(5-6-15)8-17-3/h7,10,15H,4-6,8H2,1-3H3,(H,14,16). The largest absolute Gasteiger partial charge is 0.396 e. The fraction of sp³-hybridized carbons (Fsp3) is 0.615. The van der Waals surface area contributed by atoms with Crippen LogP contribution in [-0.2, 0) is 11.2 Å². The van der Waals surface area contributed by atoms with Gasteiger partial charge in [-0.25, -0.2) is 0 Å². The number of thiophene rings is 1. The molecule has 0 fully saturated rings. The number of methoxy groups -OCH3 is 1. The minimum absolute atomic E-state index is 0.0397. The molecule has 0 saturated carbocycles. The second-order valence-corrected chi connectivity index (χ2v) is 5.35. The highest BCUT2D eigenvalue weighted by atomic mass is 32.1. The molecule has 18 heavy (non-hydrogen) atoms. The molecule has 4 nitrogen and oxygen atoms in total. The minimum Gasteiger partial charge on any atom is -0.396 e. The molecule has 1 aromatic rings. The summed E-state index contributed by atoms with van der Waals surface area (Å²) in [6.07, 6.45) is 1.45. The summed E-state index contributed by atoms with van der Waals surface area (Å²) in [7, 11) is 1.58. The first kappa shape index (κ1) is 15.1. The molecule has 1 amide bonds. The van der Waals surface area contributed by atoms with Crippen LogP contribution >= 0.6 is 11.3 Å². The maximum Gasteiger partial charge on any atom is 0.261 e. The predicted molar refractivity (Wildman–Crippen MR) is 73.3 cm³/mol. The van der Waals surface area contributed by atoms with Gasteiger partial charge in [-0.05, 0) is 31.4 Å². The van der Waals surface area contributed by atoms with Crippen molar-refractivity contribution in [2.45, 2.75) is 32.7 Å². The van der Waals surface area contributed by atoms with E-state index in [-0.39, 0.29) is 18.6 Å². The zero-order chi connectivity index (χ0) is 13.5. The highest BCUT2D eigenvalue weighted by Crippen LogP contribution is 2.22. The number of carbonyl (C=O) groups is 1. The summed E-state index contributed by atoms with van der Waals surface area (Å²) in [4.78, 5) is 14.0. The first-order valence-corrected chi connectivity index (χ1v) is 6.94. The Morgan fingerprint density at radius 2 is 2.33 bits per heavy atom. The monoisotopic (exact) mass is 271 g/mol. The molecule has 0 aliphatic heterocycles. The molecule has 0 saturated heterocycles. The molecule has 0 bridgehead atoms. The highest BCUT2D eigenvalue weighted by molar-refractivity contribution is 7.14. The van der Waals surface area contributed by atoms with E-state index in [2.05, 4.69) is 12.2 Å². The van der Waals surface area contributed by atoms with Crippen molar-refractivity contribution >= 4 is 17.2 Å². The van der Waals surface area contributed by atoms with Crippen LogP contribution in [0.3, 0.4) is 0 Å². The van der Waals surface area contributed by atoms with E-state index in [1.54, 1.807) is 7.11 Å². The number of aliphatic hydroxyl groups excluding tert-OH is 1. The van der Waals surface area contributed by atoms with E-state index < -0.39 is 0 Å². The molecule has 0 radical (unpaired) electrons. The first-order chi connectivity index (χ1) is 8.62. The highest BCUT2D eigenvalue weighted by Gasteiger charge is 2.16. The number of aliphatic hydroxyl groups is 1.